The van der Waals surface area contributed by atoms with Crippen LogP contribution in [0.2, 0.25) is 0 Å². The zero-order chi connectivity index (χ0) is 19.0. The number of halogens is 1. The first kappa shape index (κ1) is 19.8. The van der Waals surface area contributed by atoms with Crippen LogP contribution < -0.4 is 18.4 Å². The van der Waals surface area contributed by atoms with E-state index in [1.807, 2.05) is 0 Å². The summed E-state index contributed by atoms with van der Waals surface area (Å²) in [5.74, 6) is 0.413. The van der Waals surface area contributed by atoms with E-state index < -0.39 is 18.4 Å². The molecule has 0 atom stereocenters. The van der Waals surface area contributed by atoms with Gasteiger partial charge in [0, 0.05) is 0 Å². The number of rotatable bonds is 9. The van der Waals surface area contributed by atoms with Crippen molar-refractivity contribution in [3.05, 3.63) is 102 Å². The number of carbonyl (C=O) groups is 1. The van der Waals surface area contributed by atoms with Crippen molar-refractivity contribution >= 4 is 5.78 Å². The molecule has 3 aromatic rings. The standard InChI is InChI=1S/C25H28IO/c1-2-3-7-20-25(27)21-26(22-14-8-4-9-15-22,23-16-10-5-11-17-23)24-18-12-6-13-19-24/h4-6,8-19H,2-3,7,20-21H2,1H3/q-1. The van der Waals surface area contributed by atoms with Gasteiger partial charge in [-0.3, -0.25) is 0 Å². The van der Waals surface area contributed by atoms with Crippen LogP contribution in [0.3, 0.4) is 0 Å². The van der Waals surface area contributed by atoms with Gasteiger partial charge in [-0.15, -0.1) is 0 Å². The molecule has 142 valence electrons. The third kappa shape index (κ3) is 4.67. The van der Waals surface area contributed by atoms with Gasteiger partial charge in [0.1, 0.15) is 0 Å². The van der Waals surface area contributed by atoms with Gasteiger partial charge in [-0.25, -0.2) is 0 Å². The molecule has 0 N–H and O–H groups in total. The number of benzene rings is 3. The minimum absolute atomic E-state index is 0.413. The maximum absolute atomic E-state index is 13.1. The fourth-order valence-corrected chi connectivity index (χ4v) is 13.4. The summed E-state index contributed by atoms with van der Waals surface area (Å²) in [7, 11) is 0. The second-order valence-corrected chi connectivity index (χ2v) is 15.1. The fraction of sp³-hybridized carbons (Fsp3) is 0.240. The Bertz CT molecular complexity index is 731. The molecule has 0 aliphatic carbocycles. The van der Waals surface area contributed by atoms with E-state index in [0.29, 0.717) is 16.6 Å². The second kappa shape index (κ2) is 9.84. The van der Waals surface area contributed by atoms with Gasteiger partial charge in [-0.1, -0.05) is 0 Å². The summed E-state index contributed by atoms with van der Waals surface area (Å²) in [5, 5.41) is 0. The van der Waals surface area contributed by atoms with E-state index in [1.165, 1.54) is 10.7 Å². The maximum atomic E-state index is 13.1. The Morgan fingerprint density at radius 1 is 0.667 bits per heavy atom. The number of hydrogen-bond donors (Lipinski definition) is 0. The molecule has 0 saturated heterocycles. The Balaban J connectivity index is 2.12. The average Bonchev–Trinajstić information content (AvgIpc) is 2.74. The molecule has 0 bridgehead atoms. The third-order valence-corrected chi connectivity index (χ3v) is 15.3. The van der Waals surface area contributed by atoms with Crippen LogP contribution in [0.25, 0.3) is 0 Å². The summed E-state index contributed by atoms with van der Waals surface area (Å²) in [6.45, 7) is 2.18. The van der Waals surface area contributed by atoms with Crippen LogP contribution in [0.1, 0.15) is 32.6 Å². The van der Waals surface area contributed by atoms with Gasteiger partial charge in [0.2, 0.25) is 0 Å². The summed E-state index contributed by atoms with van der Waals surface area (Å²) >= 11 is -2.97. The molecule has 27 heavy (non-hydrogen) atoms. The van der Waals surface area contributed by atoms with Gasteiger partial charge in [-0.2, -0.15) is 0 Å². The average molecular weight is 471 g/mol. The van der Waals surface area contributed by atoms with Gasteiger partial charge in [0.05, 0.1) is 0 Å². The molecule has 3 rings (SSSR count). The van der Waals surface area contributed by atoms with Gasteiger partial charge in [0.15, 0.2) is 0 Å². The SMILES string of the molecule is CCCCCC(=O)C[I-](c1ccccc1)(c1ccccc1)c1ccccc1. The van der Waals surface area contributed by atoms with Gasteiger partial charge < -0.3 is 0 Å². The minimum atomic E-state index is -2.97. The molecule has 0 aromatic heterocycles. The quantitative estimate of drug-likeness (QED) is 0.267. The zero-order valence-corrected chi connectivity index (χ0v) is 18.1. The van der Waals surface area contributed by atoms with Gasteiger partial charge in [0.25, 0.3) is 0 Å². The van der Waals surface area contributed by atoms with Crippen LogP contribution in [0.5, 0.6) is 0 Å². The number of hydrogen-bond acceptors (Lipinski definition) is 1. The molecule has 2 heteroatoms. The van der Waals surface area contributed by atoms with E-state index >= 15 is 0 Å². The van der Waals surface area contributed by atoms with Crippen LogP contribution in [0.15, 0.2) is 91.0 Å². The van der Waals surface area contributed by atoms with Crippen molar-refractivity contribution in [2.75, 3.05) is 4.43 Å². The molecular formula is C25H28IO-. The molecule has 0 aliphatic heterocycles. The van der Waals surface area contributed by atoms with E-state index in [0.717, 1.165) is 19.3 Å². The first-order valence-corrected chi connectivity index (χ1v) is 14.4. The Hall–Kier alpha value is -1.94. The van der Waals surface area contributed by atoms with E-state index in [-0.39, 0.29) is 0 Å². The Morgan fingerprint density at radius 2 is 1.07 bits per heavy atom. The third-order valence-electron chi connectivity index (χ3n) is 4.73. The zero-order valence-electron chi connectivity index (χ0n) is 16.0. The normalized spacial score (nSPS) is 11.9. The molecule has 0 saturated carbocycles. The number of ketones is 1. The van der Waals surface area contributed by atoms with Crippen LogP contribution in [-0.4, -0.2) is 10.2 Å². The molecular weight excluding hydrogens is 443 g/mol. The molecule has 3 aromatic carbocycles. The molecule has 1 nitrogen and oxygen atoms in total. The van der Waals surface area contributed by atoms with Crippen molar-refractivity contribution < 1.29 is 23.2 Å². The van der Waals surface area contributed by atoms with Crippen molar-refractivity contribution in [2.24, 2.45) is 0 Å². The van der Waals surface area contributed by atoms with Crippen LogP contribution >= 0.6 is 0 Å². The molecule has 0 spiro atoms. The molecule has 0 amide bonds. The van der Waals surface area contributed by atoms with Crippen molar-refractivity contribution in [1.29, 1.82) is 0 Å². The summed E-state index contributed by atoms with van der Waals surface area (Å²) in [6.07, 6.45) is 3.98. The van der Waals surface area contributed by atoms with Crippen molar-refractivity contribution in [1.82, 2.24) is 0 Å². The summed E-state index contributed by atoms with van der Waals surface area (Å²) in [5.41, 5.74) is 0. The van der Waals surface area contributed by atoms with Gasteiger partial charge in [-0.05, 0) is 0 Å². The fourth-order valence-electron chi connectivity index (χ4n) is 3.36. The molecule has 0 unspecified atom stereocenters. The van der Waals surface area contributed by atoms with Crippen molar-refractivity contribution in [3.8, 4) is 0 Å². The van der Waals surface area contributed by atoms with Crippen molar-refractivity contribution in [2.45, 2.75) is 32.6 Å². The van der Waals surface area contributed by atoms with Crippen LogP contribution in [0.4, 0.5) is 0 Å². The number of Topliss-reactive ketones (excluding diaryl/α,β-unsaturated/α-hetero) is 1. The van der Waals surface area contributed by atoms with E-state index in [4.69, 9.17) is 0 Å². The predicted molar refractivity (Wildman–Crippen MR) is 109 cm³/mol. The molecule has 0 aliphatic rings. The monoisotopic (exact) mass is 471 g/mol. The predicted octanol–water partition coefficient (Wildman–Crippen LogP) is 2.91. The summed E-state index contributed by atoms with van der Waals surface area (Å²) in [4.78, 5) is 13.1. The van der Waals surface area contributed by atoms with Crippen LogP contribution in [-0.2, 0) is 4.79 Å². The topological polar surface area (TPSA) is 17.1 Å². The Labute approximate surface area is 167 Å². The first-order chi connectivity index (χ1) is 13.3. The Kier molecular flexibility index (Phi) is 7.22. The number of alkyl halides is 1. The van der Waals surface area contributed by atoms with Gasteiger partial charge >= 0.3 is 168 Å². The molecule has 0 fully saturated rings. The second-order valence-electron chi connectivity index (χ2n) is 6.70. The van der Waals surface area contributed by atoms with Crippen LogP contribution in [0, 0.1) is 10.7 Å². The van der Waals surface area contributed by atoms with Crippen molar-refractivity contribution in [3.63, 3.8) is 0 Å². The summed E-state index contributed by atoms with van der Waals surface area (Å²) in [6, 6.07) is 32.3. The van der Waals surface area contributed by atoms with E-state index in [1.54, 1.807) is 0 Å². The molecule has 0 radical (unpaired) electrons. The number of carbonyl (C=O) groups excluding carboxylic acids is 1. The summed E-state index contributed by atoms with van der Waals surface area (Å²) < 4.78 is 4.73. The number of unbranched alkanes of at least 4 members (excludes halogenated alkanes) is 2. The van der Waals surface area contributed by atoms with E-state index in [9.17, 15) is 4.79 Å². The van der Waals surface area contributed by atoms with E-state index in [2.05, 4.69) is 97.9 Å². The first-order valence-electron chi connectivity index (χ1n) is 9.68. The molecule has 0 heterocycles. The Morgan fingerprint density at radius 3 is 1.44 bits per heavy atom.